The maximum absolute atomic E-state index is 13.5. The summed E-state index contributed by atoms with van der Waals surface area (Å²) in [4.78, 5) is 14.9. The molecule has 1 saturated heterocycles. The first kappa shape index (κ1) is 21.0. The Labute approximate surface area is 184 Å². The van der Waals surface area contributed by atoms with Crippen molar-refractivity contribution in [1.29, 1.82) is 0 Å². The summed E-state index contributed by atoms with van der Waals surface area (Å²) in [7, 11) is 0. The third-order valence-corrected chi connectivity index (χ3v) is 6.28. The highest BCUT2D eigenvalue weighted by atomic mass is 35.5. The smallest absolute Gasteiger partial charge is 0.196 e. The Bertz CT molecular complexity index is 1000. The topological polar surface area (TPSA) is 51.0 Å². The van der Waals surface area contributed by atoms with Crippen molar-refractivity contribution in [3.63, 3.8) is 0 Å². The average Bonchev–Trinajstić information content (AvgIpc) is 3.16. The minimum absolute atomic E-state index is 0.0112. The Morgan fingerprint density at radius 2 is 1.70 bits per heavy atom. The fourth-order valence-electron chi connectivity index (χ4n) is 3.51. The van der Waals surface area contributed by atoms with Crippen LogP contribution in [-0.2, 0) is 6.54 Å². The summed E-state index contributed by atoms with van der Waals surface area (Å²) in [6.45, 7) is 2.75. The van der Waals surface area contributed by atoms with Gasteiger partial charge in [0.15, 0.2) is 16.8 Å². The zero-order chi connectivity index (χ0) is 20.9. The highest BCUT2D eigenvalue weighted by Crippen LogP contribution is 2.25. The first-order chi connectivity index (χ1) is 14.6. The lowest BCUT2D eigenvalue weighted by Gasteiger charge is -2.26. The highest BCUT2D eigenvalue weighted by molar-refractivity contribution is 7.99. The number of hydrogen-bond acceptors (Lipinski definition) is 5. The van der Waals surface area contributed by atoms with Crippen molar-refractivity contribution < 1.29 is 9.18 Å². The van der Waals surface area contributed by atoms with Crippen molar-refractivity contribution in [3.8, 4) is 5.69 Å². The van der Waals surface area contributed by atoms with E-state index in [2.05, 4.69) is 15.1 Å². The molecule has 0 N–H and O–H groups in total. The van der Waals surface area contributed by atoms with Crippen molar-refractivity contribution in [2.75, 3.05) is 18.8 Å². The number of piperidine rings is 1. The van der Waals surface area contributed by atoms with Gasteiger partial charge in [-0.3, -0.25) is 14.3 Å². The molecule has 0 aliphatic carbocycles. The molecule has 1 aromatic heterocycles. The molecule has 156 valence electrons. The largest absolute Gasteiger partial charge is 0.296 e. The lowest BCUT2D eigenvalue weighted by atomic mass is 10.1. The van der Waals surface area contributed by atoms with Gasteiger partial charge in [0.05, 0.1) is 12.3 Å². The van der Waals surface area contributed by atoms with Gasteiger partial charge < -0.3 is 0 Å². The lowest BCUT2D eigenvalue weighted by Crippen LogP contribution is -2.30. The van der Waals surface area contributed by atoms with Gasteiger partial charge in [-0.15, -0.1) is 10.2 Å². The molecule has 30 heavy (non-hydrogen) atoms. The van der Waals surface area contributed by atoms with E-state index in [9.17, 15) is 9.18 Å². The molecule has 0 atom stereocenters. The van der Waals surface area contributed by atoms with Crippen LogP contribution in [0.15, 0.2) is 53.7 Å². The molecule has 8 heteroatoms. The Morgan fingerprint density at radius 3 is 2.40 bits per heavy atom. The molecular weight excluding hydrogens is 423 g/mol. The van der Waals surface area contributed by atoms with Gasteiger partial charge in [0.25, 0.3) is 0 Å². The second kappa shape index (κ2) is 9.73. The number of rotatable bonds is 7. The second-order valence-electron chi connectivity index (χ2n) is 7.27. The molecule has 0 radical (unpaired) electrons. The first-order valence-electron chi connectivity index (χ1n) is 9.94. The fraction of sp³-hybridized carbons (Fsp3) is 0.318. The molecule has 0 amide bonds. The molecule has 0 unspecified atom stereocenters. The number of halogens is 2. The van der Waals surface area contributed by atoms with Crippen LogP contribution in [0.2, 0.25) is 5.02 Å². The first-order valence-corrected chi connectivity index (χ1v) is 11.3. The van der Waals surface area contributed by atoms with E-state index < -0.39 is 0 Å². The predicted molar refractivity (Wildman–Crippen MR) is 117 cm³/mol. The molecule has 0 bridgehead atoms. The summed E-state index contributed by atoms with van der Waals surface area (Å²) in [5.41, 5.74) is 1.39. The van der Waals surface area contributed by atoms with Crippen LogP contribution < -0.4 is 0 Å². The standard InChI is InChI=1S/C22H22ClFN4OS/c23-17-6-4-16(5-7-17)20(29)15-30-22-26-25-21(14-27-12-2-1-3-13-27)28(22)19-10-8-18(24)9-11-19/h4-11H,1-3,12-15H2. The highest BCUT2D eigenvalue weighted by Gasteiger charge is 2.20. The lowest BCUT2D eigenvalue weighted by molar-refractivity contribution is 0.102. The molecule has 1 aliphatic heterocycles. The maximum Gasteiger partial charge on any atom is 0.196 e. The van der Waals surface area contributed by atoms with Gasteiger partial charge in [-0.05, 0) is 74.5 Å². The van der Waals surface area contributed by atoms with Crippen molar-refractivity contribution in [2.24, 2.45) is 0 Å². The van der Waals surface area contributed by atoms with Crippen LogP contribution in [0.1, 0.15) is 35.4 Å². The Balaban J connectivity index is 1.56. The van der Waals surface area contributed by atoms with E-state index in [-0.39, 0.29) is 17.4 Å². The van der Waals surface area contributed by atoms with Crippen LogP contribution >= 0.6 is 23.4 Å². The monoisotopic (exact) mass is 444 g/mol. The number of carbonyl (C=O) groups excluding carboxylic acids is 1. The zero-order valence-electron chi connectivity index (χ0n) is 16.4. The van der Waals surface area contributed by atoms with Gasteiger partial charge in [-0.1, -0.05) is 29.8 Å². The second-order valence-corrected chi connectivity index (χ2v) is 8.65. The van der Waals surface area contributed by atoms with E-state index in [0.717, 1.165) is 24.6 Å². The maximum atomic E-state index is 13.5. The third kappa shape index (κ3) is 5.09. The summed E-state index contributed by atoms with van der Waals surface area (Å²) >= 11 is 7.23. The Hall–Kier alpha value is -2.22. The molecule has 0 saturated carbocycles. The number of nitrogens with zero attached hydrogens (tertiary/aromatic N) is 4. The van der Waals surface area contributed by atoms with Gasteiger partial charge in [0.2, 0.25) is 0 Å². The molecule has 1 fully saturated rings. The molecule has 2 heterocycles. The van der Waals surface area contributed by atoms with E-state index >= 15 is 0 Å². The predicted octanol–water partition coefficient (Wildman–Crippen LogP) is 5.02. The van der Waals surface area contributed by atoms with Crippen LogP contribution in [0.3, 0.4) is 0 Å². The van der Waals surface area contributed by atoms with E-state index in [0.29, 0.717) is 22.3 Å². The average molecular weight is 445 g/mol. The van der Waals surface area contributed by atoms with E-state index in [1.54, 1.807) is 36.4 Å². The number of likely N-dealkylation sites (tertiary alicyclic amines) is 1. The minimum Gasteiger partial charge on any atom is -0.296 e. The minimum atomic E-state index is -0.295. The molecule has 2 aromatic carbocycles. The van der Waals surface area contributed by atoms with Crippen LogP contribution in [0.25, 0.3) is 5.69 Å². The van der Waals surface area contributed by atoms with Gasteiger partial charge in [-0.2, -0.15) is 0 Å². The van der Waals surface area contributed by atoms with Crippen LogP contribution in [-0.4, -0.2) is 44.3 Å². The number of ketones is 1. The van der Waals surface area contributed by atoms with Crippen molar-refractivity contribution in [3.05, 3.63) is 70.8 Å². The molecule has 4 rings (SSSR count). The van der Waals surface area contributed by atoms with E-state index in [1.165, 1.54) is 43.2 Å². The molecule has 0 spiro atoms. The van der Waals surface area contributed by atoms with Crippen molar-refractivity contribution >= 4 is 29.1 Å². The van der Waals surface area contributed by atoms with Crippen LogP contribution in [0, 0.1) is 5.82 Å². The Kier molecular flexibility index (Phi) is 6.82. The molecule has 5 nitrogen and oxygen atoms in total. The normalized spacial score (nSPS) is 14.7. The van der Waals surface area contributed by atoms with E-state index in [4.69, 9.17) is 11.6 Å². The van der Waals surface area contributed by atoms with Crippen molar-refractivity contribution in [2.45, 2.75) is 31.0 Å². The Morgan fingerprint density at radius 1 is 1.00 bits per heavy atom. The zero-order valence-corrected chi connectivity index (χ0v) is 18.0. The fourth-order valence-corrected chi connectivity index (χ4v) is 4.50. The number of carbonyl (C=O) groups is 1. The van der Waals surface area contributed by atoms with Crippen LogP contribution in [0.5, 0.6) is 0 Å². The summed E-state index contributed by atoms with van der Waals surface area (Å²) in [6, 6.07) is 13.1. The number of hydrogen-bond donors (Lipinski definition) is 0. The third-order valence-electron chi connectivity index (χ3n) is 5.10. The molecule has 1 aliphatic rings. The number of benzene rings is 2. The van der Waals surface area contributed by atoms with Gasteiger partial charge in [-0.25, -0.2) is 4.39 Å². The summed E-state index contributed by atoms with van der Waals surface area (Å²) in [5.74, 6) is 0.717. The number of thioether (sulfide) groups is 1. The van der Waals surface area contributed by atoms with Gasteiger partial charge >= 0.3 is 0 Å². The summed E-state index contributed by atoms with van der Waals surface area (Å²) < 4.78 is 15.4. The van der Waals surface area contributed by atoms with Gasteiger partial charge in [0.1, 0.15) is 5.82 Å². The quantitative estimate of drug-likeness (QED) is 0.378. The van der Waals surface area contributed by atoms with Crippen LogP contribution in [0.4, 0.5) is 4.39 Å². The summed E-state index contributed by atoms with van der Waals surface area (Å²) in [5, 5.41) is 9.96. The van der Waals surface area contributed by atoms with Crippen molar-refractivity contribution in [1.82, 2.24) is 19.7 Å². The molecule has 3 aromatic rings. The van der Waals surface area contributed by atoms with E-state index in [1.807, 2.05) is 4.57 Å². The SMILES string of the molecule is O=C(CSc1nnc(CN2CCCCC2)n1-c1ccc(F)cc1)c1ccc(Cl)cc1. The molecular formula is C22H22ClFN4OS. The summed E-state index contributed by atoms with van der Waals surface area (Å²) in [6.07, 6.45) is 3.62. The number of aromatic nitrogens is 3. The van der Waals surface area contributed by atoms with Gasteiger partial charge in [0, 0.05) is 16.3 Å². The number of Topliss-reactive ketones (excluding diaryl/α,β-unsaturated/α-hetero) is 1.